The van der Waals surface area contributed by atoms with Crippen LogP contribution in [0.15, 0.2) is 39.5 Å². The van der Waals surface area contributed by atoms with Gasteiger partial charge in [-0.15, -0.1) is 0 Å². The molecule has 112 valence electrons. The minimum Gasteiger partial charge on any atom is -0.422 e. The number of para-hydroxylation sites is 1. The van der Waals surface area contributed by atoms with Crippen LogP contribution < -0.4 is 10.9 Å². The van der Waals surface area contributed by atoms with E-state index in [1.165, 1.54) is 0 Å². The average molecular weight is 289 g/mol. The second-order valence-electron chi connectivity index (χ2n) is 4.88. The second kappa shape index (κ2) is 7.59. The van der Waals surface area contributed by atoms with Gasteiger partial charge in [-0.2, -0.15) is 0 Å². The maximum Gasteiger partial charge on any atom is 0.349 e. The van der Waals surface area contributed by atoms with Gasteiger partial charge in [-0.1, -0.05) is 31.0 Å². The highest BCUT2D eigenvalue weighted by molar-refractivity contribution is 5.96. The number of nitrogens with one attached hydrogen (secondary N) is 1. The number of carbonyl (C=O) groups is 1. The lowest BCUT2D eigenvalue weighted by Gasteiger charge is -2.05. The van der Waals surface area contributed by atoms with Crippen molar-refractivity contribution >= 4 is 16.9 Å². The van der Waals surface area contributed by atoms with E-state index in [9.17, 15) is 9.59 Å². The topological polar surface area (TPSA) is 79.5 Å². The third-order valence-corrected chi connectivity index (χ3v) is 3.26. The van der Waals surface area contributed by atoms with E-state index in [1.807, 2.05) is 6.07 Å². The Morgan fingerprint density at radius 2 is 1.90 bits per heavy atom. The van der Waals surface area contributed by atoms with Crippen molar-refractivity contribution in [3.05, 3.63) is 46.3 Å². The Hall–Kier alpha value is -2.14. The molecule has 0 unspecified atom stereocenters. The van der Waals surface area contributed by atoms with Gasteiger partial charge in [0.1, 0.15) is 11.1 Å². The van der Waals surface area contributed by atoms with Crippen molar-refractivity contribution in [2.45, 2.75) is 25.7 Å². The van der Waals surface area contributed by atoms with Gasteiger partial charge in [0.05, 0.1) is 0 Å². The summed E-state index contributed by atoms with van der Waals surface area (Å²) in [5.74, 6) is -0.406. The molecule has 1 amide bonds. The van der Waals surface area contributed by atoms with Gasteiger partial charge in [0.25, 0.3) is 5.91 Å². The molecule has 0 aliphatic heterocycles. The van der Waals surface area contributed by atoms with Crippen molar-refractivity contribution in [2.75, 3.05) is 13.2 Å². The Labute approximate surface area is 122 Å². The highest BCUT2D eigenvalue weighted by atomic mass is 16.4. The Kier molecular flexibility index (Phi) is 5.51. The second-order valence-corrected chi connectivity index (χ2v) is 4.88. The molecule has 0 fully saturated rings. The fourth-order valence-corrected chi connectivity index (χ4v) is 2.11. The average Bonchev–Trinajstić information content (AvgIpc) is 2.49. The number of carbonyl (C=O) groups excluding carboxylic acids is 1. The summed E-state index contributed by atoms with van der Waals surface area (Å²) in [6.45, 7) is 0.709. The molecule has 0 saturated carbocycles. The van der Waals surface area contributed by atoms with E-state index in [1.54, 1.807) is 24.3 Å². The standard InChI is InChI=1S/C16H19NO4/c18-10-6-2-1-5-9-17-15(19)13-11-12-7-3-4-8-14(12)21-16(13)20/h3-4,7-8,11,18H,1-2,5-6,9-10H2,(H,17,19). The van der Waals surface area contributed by atoms with Crippen LogP contribution in [0.1, 0.15) is 36.0 Å². The monoisotopic (exact) mass is 289 g/mol. The van der Waals surface area contributed by atoms with Crippen LogP contribution in [0.4, 0.5) is 0 Å². The first kappa shape index (κ1) is 15.3. The zero-order chi connectivity index (χ0) is 15.1. The van der Waals surface area contributed by atoms with Gasteiger partial charge in [-0.3, -0.25) is 4.79 Å². The number of rotatable bonds is 7. The van der Waals surface area contributed by atoms with Crippen molar-refractivity contribution < 1.29 is 14.3 Å². The molecule has 0 radical (unpaired) electrons. The number of hydrogen-bond donors (Lipinski definition) is 2. The first-order valence-corrected chi connectivity index (χ1v) is 7.14. The molecule has 2 rings (SSSR count). The molecule has 1 aromatic carbocycles. The van der Waals surface area contributed by atoms with Crippen molar-refractivity contribution in [3.63, 3.8) is 0 Å². The first-order valence-electron chi connectivity index (χ1n) is 7.14. The van der Waals surface area contributed by atoms with E-state index in [4.69, 9.17) is 9.52 Å². The molecule has 21 heavy (non-hydrogen) atoms. The zero-order valence-electron chi connectivity index (χ0n) is 11.8. The Morgan fingerprint density at radius 3 is 2.71 bits per heavy atom. The van der Waals surface area contributed by atoms with Gasteiger partial charge >= 0.3 is 5.63 Å². The lowest BCUT2D eigenvalue weighted by atomic mass is 10.1. The van der Waals surface area contributed by atoms with E-state index in [2.05, 4.69) is 5.32 Å². The number of benzene rings is 1. The van der Waals surface area contributed by atoms with Crippen molar-refractivity contribution in [1.29, 1.82) is 0 Å². The molecule has 0 aliphatic rings. The van der Waals surface area contributed by atoms with Crippen LogP contribution in [0, 0.1) is 0 Å². The lowest BCUT2D eigenvalue weighted by Crippen LogP contribution is -2.29. The Balaban J connectivity index is 1.96. The molecule has 0 bridgehead atoms. The molecular formula is C16H19NO4. The normalized spacial score (nSPS) is 10.7. The van der Waals surface area contributed by atoms with Crippen LogP contribution in [-0.4, -0.2) is 24.2 Å². The summed E-state index contributed by atoms with van der Waals surface area (Å²) in [6.07, 6.45) is 3.48. The van der Waals surface area contributed by atoms with E-state index in [-0.39, 0.29) is 12.2 Å². The van der Waals surface area contributed by atoms with Gasteiger partial charge < -0.3 is 14.8 Å². The Morgan fingerprint density at radius 1 is 1.14 bits per heavy atom. The lowest BCUT2D eigenvalue weighted by molar-refractivity contribution is 0.0949. The van der Waals surface area contributed by atoms with Crippen LogP contribution in [0.25, 0.3) is 11.0 Å². The number of hydrogen-bond acceptors (Lipinski definition) is 4. The summed E-state index contributed by atoms with van der Waals surface area (Å²) < 4.78 is 5.13. The summed E-state index contributed by atoms with van der Waals surface area (Å²) in [7, 11) is 0. The third kappa shape index (κ3) is 4.16. The SMILES string of the molecule is O=C(NCCCCCCO)c1cc2ccccc2oc1=O. The number of unbranched alkanes of at least 4 members (excludes halogenated alkanes) is 3. The van der Waals surface area contributed by atoms with Crippen molar-refractivity contribution in [1.82, 2.24) is 5.32 Å². The van der Waals surface area contributed by atoms with Gasteiger partial charge in [-0.05, 0) is 25.0 Å². The molecule has 2 N–H and O–H groups in total. The maximum absolute atomic E-state index is 12.0. The highest BCUT2D eigenvalue weighted by Crippen LogP contribution is 2.12. The highest BCUT2D eigenvalue weighted by Gasteiger charge is 2.12. The predicted molar refractivity (Wildman–Crippen MR) is 80.4 cm³/mol. The minimum absolute atomic E-state index is 0.0315. The number of aliphatic hydroxyl groups is 1. The predicted octanol–water partition coefficient (Wildman–Crippen LogP) is 2.08. The third-order valence-electron chi connectivity index (χ3n) is 3.26. The van der Waals surface area contributed by atoms with E-state index in [0.29, 0.717) is 12.1 Å². The largest absolute Gasteiger partial charge is 0.422 e. The smallest absolute Gasteiger partial charge is 0.349 e. The van der Waals surface area contributed by atoms with E-state index < -0.39 is 11.5 Å². The maximum atomic E-state index is 12.0. The molecule has 0 aliphatic carbocycles. The number of amides is 1. The summed E-state index contributed by atoms with van der Waals surface area (Å²) >= 11 is 0. The van der Waals surface area contributed by atoms with Crippen LogP contribution in [0.3, 0.4) is 0 Å². The fourth-order valence-electron chi connectivity index (χ4n) is 2.11. The van der Waals surface area contributed by atoms with Crippen LogP contribution in [0.5, 0.6) is 0 Å². The molecule has 0 saturated heterocycles. The van der Waals surface area contributed by atoms with Crippen LogP contribution in [-0.2, 0) is 0 Å². The molecule has 1 aromatic heterocycles. The molecule has 5 heteroatoms. The molecular weight excluding hydrogens is 270 g/mol. The fraction of sp³-hybridized carbons (Fsp3) is 0.375. The first-order chi connectivity index (χ1) is 10.2. The van der Waals surface area contributed by atoms with Crippen LogP contribution >= 0.6 is 0 Å². The van der Waals surface area contributed by atoms with E-state index >= 15 is 0 Å². The van der Waals surface area contributed by atoms with Crippen molar-refractivity contribution in [2.24, 2.45) is 0 Å². The summed E-state index contributed by atoms with van der Waals surface area (Å²) in [6, 6.07) is 8.65. The molecule has 2 aromatic rings. The number of fused-ring (bicyclic) bond motifs is 1. The Bertz CT molecular complexity index is 663. The van der Waals surface area contributed by atoms with Gasteiger partial charge in [0.2, 0.25) is 0 Å². The molecule has 0 atom stereocenters. The molecule has 0 spiro atoms. The summed E-state index contributed by atoms with van der Waals surface area (Å²) in [5, 5.41) is 12.1. The number of aliphatic hydroxyl groups excluding tert-OH is 1. The van der Waals surface area contributed by atoms with Gasteiger partial charge in [0, 0.05) is 18.5 Å². The summed E-state index contributed by atoms with van der Waals surface area (Å²) in [4.78, 5) is 23.8. The van der Waals surface area contributed by atoms with Crippen LogP contribution in [0.2, 0.25) is 0 Å². The summed E-state index contributed by atoms with van der Waals surface area (Å²) in [5.41, 5.74) is -0.112. The molecule has 1 heterocycles. The van der Waals surface area contributed by atoms with Gasteiger partial charge in [0.15, 0.2) is 0 Å². The quantitative estimate of drug-likeness (QED) is 0.604. The molecule has 5 nitrogen and oxygen atoms in total. The minimum atomic E-state index is -0.619. The zero-order valence-corrected chi connectivity index (χ0v) is 11.8. The van der Waals surface area contributed by atoms with Crippen molar-refractivity contribution in [3.8, 4) is 0 Å². The van der Waals surface area contributed by atoms with Gasteiger partial charge in [-0.25, -0.2) is 4.79 Å². The van der Waals surface area contributed by atoms with E-state index in [0.717, 1.165) is 31.1 Å².